The van der Waals surface area contributed by atoms with Crippen LogP contribution in [-0.4, -0.2) is 62.2 Å². The summed E-state index contributed by atoms with van der Waals surface area (Å²) in [5.41, 5.74) is 1.55. The standard InChI is InChI=1S/C19H28N2O3/c1-19(14-23-15-19)13-20(2)11-16-5-7-17(8-6-16)24-12-18(22)21-9-3-4-10-21/h5-8H,3-4,9-15H2,1-2H3. The molecule has 2 aliphatic rings. The van der Waals surface area contributed by atoms with Gasteiger partial charge in [-0.3, -0.25) is 4.79 Å². The Labute approximate surface area is 144 Å². The van der Waals surface area contributed by atoms with Gasteiger partial charge in [0.2, 0.25) is 0 Å². The first-order chi connectivity index (χ1) is 11.5. The summed E-state index contributed by atoms with van der Waals surface area (Å²) in [4.78, 5) is 16.2. The molecule has 0 radical (unpaired) electrons. The third kappa shape index (κ3) is 4.48. The van der Waals surface area contributed by atoms with Crippen molar-refractivity contribution < 1.29 is 14.3 Å². The first-order valence-corrected chi connectivity index (χ1v) is 8.80. The van der Waals surface area contributed by atoms with Crippen LogP contribution in [0.1, 0.15) is 25.3 Å². The van der Waals surface area contributed by atoms with Crippen LogP contribution in [0.5, 0.6) is 5.75 Å². The predicted octanol–water partition coefficient (Wildman–Crippen LogP) is 2.16. The summed E-state index contributed by atoms with van der Waals surface area (Å²) < 4.78 is 10.9. The van der Waals surface area contributed by atoms with E-state index < -0.39 is 0 Å². The van der Waals surface area contributed by atoms with E-state index in [-0.39, 0.29) is 12.5 Å². The van der Waals surface area contributed by atoms with Crippen molar-refractivity contribution in [1.82, 2.24) is 9.80 Å². The fraction of sp³-hybridized carbons (Fsp3) is 0.632. The summed E-state index contributed by atoms with van der Waals surface area (Å²) in [6, 6.07) is 8.06. The molecule has 0 bridgehead atoms. The van der Waals surface area contributed by atoms with Crippen LogP contribution in [0, 0.1) is 5.41 Å². The van der Waals surface area contributed by atoms with Gasteiger partial charge < -0.3 is 19.3 Å². The molecular formula is C19H28N2O3. The Morgan fingerprint density at radius 1 is 1.25 bits per heavy atom. The van der Waals surface area contributed by atoms with Crippen LogP contribution in [0.2, 0.25) is 0 Å². The molecule has 0 atom stereocenters. The number of carbonyl (C=O) groups is 1. The lowest BCUT2D eigenvalue weighted by Gasteiger charge is -2.40. The van der Waals surface area contributed by atoms with E-state index in [1.807, 2.05) is 17.0 Å². The van der Waals surface area contributed by atoms with Gasteiger partial charge in [0.1, 0.15) is 5.75 Å². The molecule has 0 N–H and O–H groups in total. The number of hydrogen-bond acceptors (Lipinski definition) is 4. The number of rotatable bonds is 7. The van der Waals surface area contributed by atoms with Gasteiger partial charge in [0.05, 0.1) is 13.2 Å². The van der Waals surface area contributed by atoms with E-state index in [1.54, 1.807) is 0 Å². The molecular weight excluding hydrogens is 304 g/mol. The normalized spacial score (nSPS) is 19.4. The largest absolute Gasteiger partial charge is 0.484 e. The van der Waals surface area contributed by atoms with Gasteiger partial charge in [0.15, 0.2) is 6.61 Å². The SMILES string of the molecule is CN(Cc1ccc(OCC(=O)N2CCCC2)cc1)CC1(C)COC1. The van der Waals surface area contributed by atoms with Crippen LogP contribution in [0.3, 0.4) is 0 Å². The van der Waals surface area contributed by atoms with Crippen LogP contribution < -0.4 is 4.74 Å². The summed E-state index contributed by atoms with van der Waals surface area (Å²) in [6.07, 6.45) is 2.22. The first kappa shape index (κ1) is 17.2. The van der Waals surface area contributed by atoms with E-state index in [2.05, 4.69) is 31.0 Å². The molecule has 2 fully saturated rings. The highest BCUT2D eigenvalue weighted by Crippen LogP contribution is 2.27. The minimum absolute atomic E-state index is 0.0901. The van der Waals surface area contributed by atoms with Gasteiger partial charge in [-0.05, 0) is 37.6 Å². The van der Waals surface area contributed by atoms with Gasteiger partial charge in [-0.15, -0.1) is 0 Å². The molecule has 2 heterocycles. The maximum absolute atomic E-state index is 12.0. The van der Waals surface area contributed by atoms with Gasteiger partial charge in [0, 0.05) is 31.6 Å². The van der Waals surface area contributed by atoms with Crippen molar-refractivity contribution in [3.05, 3.63) is 29.8 Å². The summed E-state index contributed by atoms with van der Waals surface area (Å²) >= 11 is 0. The highest BCUT2D eigenvalue weighted by Gasteiger charge is 2.34. The number of nitrogens with zero attached hydrogens (tertiary/aromatic N) is 2. The van der Waals surface area contributed by atoms with Crippen molar-refractivity contribution >= 4 is 5.91 Å². The monoisotopic (exact) mass is 332 g/mol. The van der Waals surface area contributed by atoms with Crippen molar-refractivity contribution in [3.63, 3.8) is 0 Å². The molecule has 3 rings (SSSR count). The average molecular weight is 332 g/mol. The smallest absolute Gasteiger partial charge is 0.260 e. The molecule has 24 heavy (non-hydrogen) atoms. The van der Waals surface area contributed by atoms with Crippen molar-refractivity contribution in [2.24, 2.45) is 5.41 Å². The fourth-order valence-electron chi connectivity index (χ4n) is 3.46. The number of ether oxygens (including phenoxy) is 2. The van der Waals surface area contributed by atoms with E-state index in [9.17, 15) is 4.79 Å². The third-order valence-corrected chi connectivity index (χ3v) is 4.75. The van der Waals surface area contributed by atoms with Crippen LogP contribution in [0.25, 0.3) is 0 Å². The lowest BCUT2D eigenvalue weighted by molar-refractivity contribution is -0.132. The van der Waals surface area contributed by atoms with Gasteiger partial charge in [-0.2, -0.15) is 0 Å². The van der Waals surface area contributed by atoms with Gasteiger partial charge in [0.25, 0.3) is 5.91 Å². The zero-order chi connectivity index (χ0) is 17.0. The average Bonchev–Trinajstić information content (AvgIpc) is 3.07. The van der Waals surface area contributed by atoms with E-state index in [1.165, 1.54) is 5.56 Å². The van der Waals surface area contributed by atoms with E-state index in [0.717, 1.165) is 58.0 Å². The van der Waals surface area contributed by atoms with E-state index in [0.29, 0.717) is 5.41 Å². The number of amides is 1. The number of likely N-dealkylation sites (tertiary alicyclic amines) is 1. The Kier molecular flexibility index (Phi) is 5.41. The van der Waals surface area contributed by atoms with Crippen molar-refractivity contribution in [3.8, 4) is 5.75 Å². The van der Waals surface area contributed by atoms with Gasteiger partial charge in [-0.25, -0.2) is 0 Å². The Bertz CT molecular complexity index is 548. The molecule has 2 aliphatic heterocycles. The van der Waals surface area contributed by atoms with Crippen LogP contribution in [0.15, 0.2) is 24.3 Å². The van der Waals surface area contributed by atoms with Crippen molar-refractivity contribution in [2.45, 2.75) is 26.3 Å². The zero-order valence-electron chi connectivity index (χ0n) is 14.8. The van der Waals surface area contributed by atoms with Crippen molar-refractivity contribution in [2.75, 3.05) is 46.5 Å². The topological polar surface area (TPSA) is 42.0 Å². The van der Waals surface area contributed by atoms with E-state index in [4.69, 9.17) is 9.47 Å². The molecule has 0 spiro atoms. The Balaban J connectivity index is 1.43. The molecule has 1 amide bonds. The number of hydrogen-bond donors (Lipinski definition) is 0. The van der Waals surface area contributed by atoms with Crippen LogP contribution >= 0.6 is 0 Å². The quantitative estimate of drug-likeness (QED) is 0.767. The molecule has 0 unspecified atom stereocenters. The van der Waals surface area contributed by atoms with Crippen molar-refractivity contribution in [1.29, 1.82) is 0 Å². The molecule has 0 aliphatic carbocycles. The number of benzene rings is 1. The molecule has 132 valence electrons. The van der Waals surface area contributed by atoms with E-state index >= 15 is 0 Å². The lowest BCUT2D eigenvalue weighted by Crippen LogP contribution is -2.47. The Morgan fingerprint density at radius 2 is 1.92 bits per heavy atom. The summed E-state index contributed by atoms with van der Waals surface area (Å²) in [7, 11) is 2.14. The van der Waals surface area contributed by atoms with Gasteiger partial charge in [-0.1, -0.05) is 19.1 Å². The Hall–Kier alpha value is -1.59. The molecule has 0 saturated carbocycles. The molecule has 5 heteroatoms. The van der Waals surface area contributed by atoms with Gasteiger partial charge >= 0.3 is 0 Å². The van der Waals surface area contributed by atoms with Crippen LogP contribution in [-0.2, 0) is 16.1 Å². The molecule has 2 saturated heterocycles. The lowest BCUT2D eigenvalue weighted by atomic mass is 9.88. The molecule has 1 aromatic rings. The molecule has 1 aromatic carbocycles. The molecule has 5 nitrogen and oxygen atoms in total. The fourth-order valence-corrected chi connectivity index (χ4v) is 3.46. The second-order valence-electron chi connectivity index (χ2n) is 7.50. The first-order valence-electron chi connectivity index (χ1n) is 8.80. The second kappa shape index (κ2) is 7.53. The zero-order valence-corrected chi connectivity index (χ0v) is 14.8. The second-order valence-corrected chi connectivity index (χ2v) is 7.50. The predicted molar refractivity (Wildman–Crippen MR) is 93.0 cm³/mol. The highest BCUT2D eigenvalue weighted by molar-refractivity contribution is 5.78. The summed E-state index contributed by atoms with van der Waals surface area (Å²) in [5, 5.41) is 0. The highest BCUT2D eigenvalue weighted by atomic mass is 16.5. The molecule has 0 aromatic heterocycles. The summed E-state index contributed by atoms with van der Waals surface area (Å²) in [6.45, 7) is 7.80. The third-order valence-electron chi connectivity index (χ3n) is 4.75. The number of carbonyl (C=O) groups excluding carboxylic acids is 1. The van der Waals surface area contributed by atoms with Crippen LogP contribution in [0.4, 0.5) is 0 Å². The maximum Gasteiger partial charge on any atom is 0.260 e. The Morgan fingerprint density at radius 3 is 2.50 bits per heavy atom. The maximum atomic E-state index is 12.0. The minimum atomic E-state index is 0.0901. The summed E-state index contributed by atoms with van der Waals surface area (Å²) in [5.74, 6) is 0.848. The minimum Gasteiger partial charge on any atom is -0.484 e.